The van der Waals surface area contributed by atoms with Gasteiger partial charge in [0.05, 0.1) is 6.61 Å². The van der Waals surface area contributed by atoms with Crippen LogP contribution >= 0.6 is 0 Å². The van der Waals surface area contributed by atoms with Crippen molar-refractivity contribution in [2.24, 2.45) is 0 Å². The molecule has 104 valence electrons. The maximum Gasteiger partial charge on any atom is 0.332 e. The smallest absolute Gasteiger partial charge is 0.332 e. The Balaban J connectivity index is 0. The van der Waals surface area contributed by atoms with E-state index in [0.29, 0.717) is 6.61 Å². The number of aliphatic hydroxyl groups is 1. The van der Waals surface area contributed by atoms with Crippen molar-refractivity contribution in [3.05, 3.63) is 25.3 Å². The Morgan fingerprint density at radius 1 is 1.22 bits per heavy atom. The van der Waals surface area contributed by atoms with Crippen molar-refractivity contribution in [3.8, 4) is 0 Å². The molecule has 18 heavy (non-hydrogen) atoms. The van der Waals surface area contributed by atoms with Crippen LogP contribution in [0.4, 0.5) is 0 Å². The molecule has 0 amide bonds. The summed E-state index contributed by atoms with van der Waals surface area (Å²) in [6.45, 7) is 11.7. The lowest BCUT2D eigenvalue weighted by Gasteiger charge is -2.15. The predicted molar refractivity (Wildman–Crippen MR) is 68.7 cm³/mol. The van der Waals surface area contributed by atoms with E-state index >= 15 is 0 Å². The minimum absolute atomic E-state index is 0.330. The second-order valence-corrected chi connectivity index (χ2v) is 3.80. The van der Waals surface area contributed by atoms with Crippen LogP contribution in [0.5, 0.6) is 0 Å². The molecule has 1 N–H and O–H groups in total. The number of hydrogen-bond donors (Lipinski definition) is 1. The molecule has 5 nitrogen and oxygen atoms in total. The zero-order chi connectivity index (χ0) is 14.6. The number of unbranched alkanes of at least 4 members (excludes halogenated alkanes) is 1. The lowest BCUT2D eigenvalue weighted by Crippen LogP contribution is -2.25. The molecule has 0 atom stereocenters. The summed E-state index contributed by atoms with van der Waals surface area (Å²) in [6.07, 6.45) is 4.15. The van der Waals surface area contributed by atoms with Gasteiger partial charge in [-0.1, -0.05) is 26.5 Å². The van der Waals surface area contributed by atoms with Crippen LogP contribution in [0.3, 0.4) is 0 Å². The maximum atomic E-state index is 10.3. The van der Waals surface area contributed by atoms with Crippen LogP contribution in [-0.2, 0) is 19.1 Å². The third-order valence-electron chi connectivity index (χ3n) is 1.43. The van der Waals surface area contributed by atoms with Gasteiger partial charge >= 0.3 is 11.9 Å². The molecular formula is C13H22O5. The van der Waals surface area contributed by atoms with Gasteiger partial charge < -0.3 is 14.6 Å². The molecule has 0 saturated carbocycles. The second kappa shape index (κ2) is 10.5. The summed E-state index contributed by atoms with van der Waals surface area (Å²) < 4.78 is 9.06. The largest absolute Gasteiger partial charge is 0.463 e. The van der Waals surface area contributed by atoms with Gasteiger partial charge in [-0.2, -0.15) is 0 Å². The topological polar surface area (TPSA) is 72.8 Å². The Kier molecular flexibility index (Phi) is 11.0. The monoisotopic (exact) mass is 258 g/mol. The van der Waals surface area contributed by atoms with Gasteiger partial charge in [0.2, 0.25) is 5.79 Å². The predicted octanol–water partition coefficient (Wildman–Crippen LogP) is 1.96. The number of hydrogen-bond acceptors (Lipinski definition) is 5. The first kappa shape index (κ1) is 18.7. The highest BCUT2D eigenvalue weighted by Crippen LogP contribution is 2.02. The molecule has 0 radical (unpaired) electrons. The van der Waals surface area contributed by atoms with Crippen LogP contribution in [-0.4, -0.2) is 29.4 Å². The fourth-order valence-electron chi connectivity index (χ4n) is 0.664. The zero-order valence-corrected chi connectivity index (χ0v) is 11.3. The van der Waals surface area contributed by atoms with Crippen LogP contribution in [0.25, 0.3) is 0 Å². The summed E-state index contributed by atoms with van der Waals surface area (Å²) in [5.41, 5.74) is 0. The van der Waals surface area contributed by atoms with E-state index in [-0.39, 0.29) is 5.97 Å². The van der Waals surface area contributed by atoms with Gasteiger partial charge in [-0.25, -0.2) is 9.59 Å². The molecule has 0 aromatic heterocycles. The van der Waals surface area contributed by atoms with E-state index in [1.807, 2.05) is 6.92 Å². The van der Waals surface area contributed by atoms with Gasteiger partial charge in [-0.3, -0.25) is 0 Å². The number of carbonyl (C=O) groups is 2. The van der Waals surface area contributed by atoms with Crippen molar-refractivity contribution in [3.63, 3.8) is 0 Å². The summed E-state index contributed by atoms with van der Waals surface area (Å²) in [5.74, 6) is -2.35. The first-order valence-corrected chi connectivity index (χ1v) is 5.63. The molecule has 0 aliphatic carbocycles. The van der Waals surface area contributed by atoms with Crippen molar-refractivity contribution in [1.29, 1.82) is 0 Å². The molecule has 0 unspecified atom stereocenters. The van der Waals surface area contributed by atoms with Crippen molar-refractivity contribution in [1.82, 2.24) is 0 Å². The fourth-order valence-corrected chi connectivity index (χ4v) is 0.664. The highest BCUT2D eigenvalue weighted by molar-refractivity contribution is 5.81. The Labute approximate surface area is 108 Å². The van der Waals surface area contributed by atoms with Gasteiger partial charge in [0, 0.05) is 26.0 Å². The van der Waals surface area contributed by atoms with Crippen LogP contribution in [0.2, 0.25) is 0 Å². The Morgan fingerprint density at radius 2 is 1.72 bits per heavy atom. The quantitative estimate of drug-likeness (QED) is 0.341. The Bertz CT molecular complexity index is 276. The van der Waals surface area contributed by atoms with Gasteiger partial charge in [0.25, 0.3) is 0 Å². The first-order chi connectivity index (χ1) is 8.26. The van der Waals surface area contributed by atoms with Crippen molar-refractivity contribution in [2.45, 2.75) is 39.4 Å². The molecule has 0 rings (SSSR count). The second-order valence-electron chi connectivity index (χ2n) is 3.80. The molecule has 0 aromatic carbocycles. The first-order valence-electron chi connectivity index (χ1n) is 5.63. The average molecular weight is 258 g/mol. The van der Waals surface area contributed by atoms with Crippen LogP contribution in [0.15, 0.2) is 25.3 Å². The summed E-state index contributed by atoms with van der Waals surface area (Å²) in [4.78, 5) is 20.7. The lowest BCUT2D eigenvalue weighted by molar-refractivity contribution is -0.189. The average Bonchev–Trinajstić information content (AvgIpc) is 2.27. The highest BCUT2D eigenvalue weighted by Gasteiger charge is 2.15. The molecular weight excluding hydrogens is 236 g/mol. The molecule has 5 heteroatoms. The van der Waals surface area contributed by atoms with Crippen molar-refractivity contribution >= 4 is 11.9 Å². The van der Waals surface area contributed by atoms with E-state index in [9.17, 15) is 9.59 Å². The van der Waals surface area contributed by atoms with E-state index in [4.69, 9.17) is 5.11 Å². The van der Waals surface area contributed by atoms with Gasteiger partial charge in [0.1, 0.15) is 0 Å². The number of esters is 2. The minimum atomic E-state index is -1.40. The Morgan fingerprint density at radius 3 is 2.00 bits per heavy atom. The molecule has 0 aromatic rings. The molecule has 0 fully saturated rings. The molecule has 0 aliphatic heterocycles. The van der Waals surface area contributed by atoms with Gasteiger partial charge in [0.15, 0.2) is 0 Å². The van der Waals surface area contributed by atoms with E-state index in [0.717, 1.165) is 18.9 Å². The summed E-state index contributed by atoms with van der Waals surface area (Å²) >= 11 is 0. The van der Waals surface area contributed by atoms with Crippen molar-refractivity contribution < 1.29 is 24.2 Å². The number of rotatable bonds is 6. The van der Waals surface area contributed by atoms with E-state index in [2.05, 4.69) is 22.6 Å². The summed E-state index contributed by atoms with van der Waals surface area (Å²) in [5, 5.41) is 8.83. The summed E-state index contributed by atoms with van der Waals surface area (Å²) in [7, 11) is 0. The van der Waals surface area contributed by atoms with E-state index < -0.39 is 11.8 Å². The molecule has 0 saturated heterocycles. The molecule has 0 bridgehead atoms. The Hall–Kier alpha value is -1.62. The molecule has 0 heterocycles. The summed E-state index contributed by atoms with van der Waals surface area (Å²) in [6, 6.07) is 0. The van der Waals surface area contributed by atoms with Crippen LogP contribution in [0.1, 0.15) is 33.6 Å². The van der Waals surface area contributed by atoms with Crippen LogP contribution < -0.4 is 0 Å². The normalized spacial score (nSPS) is 9.56. The SMILES string of the molecule is C=CC(=O)OC(C)(C)O.C=CC(=O)OCCCC. The maximum absolute atomic E-state index is 10.3. The standard InChI is InChI=1S/C7H12O2.C6H10O3/c1-3-5-6-9-7(8)4-2;1-4-5(7)9-6(2,3)8/h4H,2-3,5-6H2,1H3;4,8H,1H2,2-3H3. The molecule has 0 aliphatic rings. The van der Waals surface area contributed by atoms with Gasteiger partial charge in [-0.15, -0.1) is 0 Å². The number of carbonyl (C=O) groups excluding carboxylic acids is 2. The minimum Gasteiger partial charge on any atom is -0.463 e. The van der Waals surface area contributed by atoms with E-state index in [1.165, 1.54) is 19.9 Å². The number of ether oxygens (including phenoxy) is 2. The fraction of sp³-hybridized carbons (Fsp3) is 0.538. The van der Waals surface area contributed by atoms with Gasteiger partial charge in [-0.05, 0) is 6.42 Å². The lowest BCUT2D eigenvalue weighted by atomic mass is 10.4. The third-order valence-corrected chi connectivity index (χ3v) is 1.43. The third kappa shape index (κ3) is 16.8. The zero-order valence-electron chi connectivity index (χ0n) is 11.3. The highest BCUT2D eigenvalue weighted by atomic mass is 16.7. The van der Waals surface area contributed by atoms with E-state index in [1.54, 1.807) is 0 Å². The van der Waals surface area contributed by atoms with Crippen LogP contribution in [0, 0.1) is 0 Å². The molecule has 0 spiro atoms. The van der Waals surface area contributed by atoms with Crippen molar-refractivity contribution in [2.75, 3.05) is 6.61 Å².